The minimum Gasteiger partial charge on any atom is -0.396 e. The largest absolute Gasteiger partial charge is 0.396 e. The predicted octanol–water partition coefficient (Wildman–Crippen LogP) is 0.755. The molecule has 0 aliphatic carbocycles. The van der Waals surface area contributed by atoms with Crippen molar-refractivity contribution < 1.29 is 10.2 Å². The maximum Gasteiger partial charge on any atom is 0.0636 e. The van der Waals surface area contributed by atoms with Crippen LogP contribution in [0.2, 0.25) is 0 Å². The van der Waals surface area contributed by atoms with Gasteiger partial charge in [0, 0.05) is 19.7 Å². The Labute approximate surface area is 81.2 Å². The van der Waals surface area contributed by atoms with E-state index in [4.69, 9.17) is 10.2 Å². The van der Waals surface area contributed by atoms with Crippen LogP contribution in [-0.2, 0) is 0 Å². The van der Waals surface area contributed by atoms with Gasteiger partial charge in [-0.15, -0.1) is 0 Å². The molecule has 0 aromatic heterocycles. The first-order valence-corrected chi connectivity index (χ1v) is 4.97. The molecular formula is C10H23NO2. The number of aliphatic hydroxyl groups excluding tert-OH is 2. The summed E-state index contributed by atoms with van der Waals surface area (Å²) in [6.45, 7) is 7.89. The second-order valence-corrected chi connectivity index (χ2v) is 4.47. The Kier molecular flexibility index (Phi) is 6.29. The molecule has 0 saturated heterocycles. The van der Waals surface area contributed by atoms with E-state index in [1.165, 1.54) is 0 Å². The average Bonchev–Trinajstić information content (AvgIpc) is 2.00. The van der Waals surface area contributed by atoms with Crippen molar-refractivity contribution in [1.29, 1.82) is 0 Å². The summed E-state index contributed by atoms with van der Waals surface area (Å²) < 4.78 is 0. The van der Waals surface area contributed by atoms with Gasteiger partial charge in [0.25, 0.3) is 0 Å². The first-order valence-electron chi connectivity index (χ1n) is 4.97. The molecule has 0 aromatic rings. The predicted molar refractivity (Wildman–Crippen MR) is 54.7 cm³/mol. The summed E-state index contributed by atoms with van der Waals surface area (Å²) in [7, 11) is 0. The molecule has 1 atom stereocenters. The molecule has 0 saturated carbocycles. The second-order valence-electron chi connectivity index (χ2n) is 4.47. The normalized spacial score (nSPS) is 14.5. The van der Waals surface area contributed by atoms with E-state index in [0.29, 0.717) is 6.54 Å². The molecule has 13 heavy (non-hydrogen) atoms. The van der Waals surface area contributed by atoms with Gasteiger partial charge in [-0.1, -0.05) is 13.8 Å². The topological polar surface area (TPSA) is 52.5 Å². The molecule has 0 fully saturated rings. The molecule has 0 aliphatic rings. The number of hydrogen-bond acceptors (Lipinski definition) is 3. The summed E-state index contributed by atoms with van der Waals surface area (Å²) >= 11 is 0. The van der Waals surface area contributed by atoms with Gasteiger partial charge in [-0.05, 0) is 25.2 Å². The Bertz CT molecular complexity index is 124. The zero-order valence-corrected chi connectivity index (χ0v) is 9.01. The van der Waals surface area contributed by atoms with E-state index >= 15 is 0 Å². The molecule has 0 rings (SSSR count). The Morgan fingerprint density at radius 1 is 1.38 bits per heavy atom. The highest BCUT2D eigenvalue weighted by Crippen LogP contribution is 2.20. The first-order chi connectivity index (χ1) is 5.98. The third kappa shape index (κ3) is 8.22. The van der Waals surface area contributed by atoms with Gasteiger partial charge in [0.2, 0.25) is 0 Å². The Morgan fingerprint density at radius 3 is 2.46 bits per heavy atom. The molecule has 3 heteroatoms. The summed E-state index contributed by atoms with van der Waals surface area (Å²) in [4.78, 5) is 0. The van der Waals surface area contributed by atoms with Gasteiger partial charge in [-0.3, -0.25) is 0 Å². The maximum atomic E-state index is 9.02. The van der Waals surface area contributed by atoms with E-state index in [-0.39, 0.29) is 18.1 Å². The summed E-state index contributed by atoms with van der Waals surface area (Å²) in [6.07, 6.45) is 1.58. The maximum absolute atomic E-state index is 9.02. The Morgan fingerprint density at radius 2 is 2.00 bits per heavy atom. The minimum atomic E-state index is -0.284. The number of aliphatic hydroxyl groups is 2. The summed E-state index contributed by atoms with van der Waals surface area (Å²) in [6, 6.07) is 0. The Balaban J connectivity index is 3.50. The highest BCUT2D eigenvalue weighted by atomic mass is 16.3. The highest BCUT2D eigenvalue weighted by Gasteiger charge is 2.16. The lowest BCUT2D eigenvalue weighted by atomic mass is 9.88. The lowest BCUT2D eigenvalue weighted by Crippen LogP contribution is -2.33. The van der Waals surface area contributed by atoms with Gasteiger partial charge in [-0.25, -0.2) is 0 Å². The SMILES string of the molecule is C[C@@H](O)CNCC(C)(C)CCCO. The fourth-order valence-electron chi connectivity index (χ4n) is 1.27. The van der Waals surface area contributed by atoms with Crippen LogP contribution in [0.25, 0.3) is 0 Å². The molecular weight excluding hydrogens is 166 g/mol. The van der Waals surface area contributed by atoms with Crippen molar-refractivity contribution in [1.82, 2.24) is 5.32 Å². The fraction of sp³-hybridized carbons (Fsp3) is 1.00. The van der Waals surface area contributed by atoms with Gasteiger partial charge in [0.05, 0.1) is 6.10 Å². The van der Waals surface area contributed by atoms with Crippen LogP contribution in [0.4, 0.5) is 0 Å². The van der Waals surface area contributed by atoms with Gasteiger partial charge in [-0.2, -0.15) is 0 Å². The van der Waals surface area contributed by atoms with Crippen LogP contribution < -0.4 is 5.32 Å². The van der Waals surface area contributed by atoms with Gasteiger partial charge < -0.3 is 15.5 Å². The molecule has 0 aromatic carbocycles. The molecule has 0 bridgehead atoms. The number of rotatable bonds is 7. The van der Waals surface area contributed by atoms with Gasteiger partial charge in [0.15, 0.2) is 0 Å². The van der Waals surface area contributed by atoms with Crippen molar-refractivity contribution in [2.24, 2.45) is 5.41 Å². The third-order valence-corrected chi connectivity index (χ3v) is 2.05. The second kappa shape index (κ2) is 6.35. The number of nitrogens with one attached hydrogen (secondary N) is 1. The Hall–Kier alpha value is -0.120. The fourth-order valence-corrected chi connectivity index (χ4v) is 1.27. The zero-order valence-electron chi connectivity index (χ0n) is 9.01. The van der Waals surface area contributed by atoms with Crippen LogP contribution in [0.1, 0.15) is 33.6 Å². The van der Waals surface area contributed by atoms with Crippen LogP contribution in [-0.4, -0.2) is 36.0 Å². The minimum absolute atomic E-state index is 0.206. The van der Waals surface area contributed by atoms with E-state index in [1.54, 1.807) is 6.92 Å². The molecule has 0 heterocycles. The number of hydrogen-bond donors (Lipinski definition) is 3. The molecule has 0 unspecified atom stereocenters. The van der Waals surface area contributed by atoms with E-state index in [1.807, 2.05) is 0 Å². The zero-order chi connectivity index (χ0) is 10.3. The molecule has 0 radical (unpaired) electrons. The molecule has 80 valence electrons. The summed E-state index contributed by atoms with van der Waals surface area (Å²) in [5.74, 6) is 0. The van der Waals surface area contributed by atoms with E-state index in [0.717, 1.165) is 19.4 Å². The third-order valence-electron chi connectivity index (χ3n) is 2.05. The van der Waals surface area contributed by atoms with Crippen LogP contribution in [0, 0.1) is 5.41 Å². The van der Waals surface area contributed by atoms with Crippen molar-refractivity contribution in [2.45, 2.75) is 39.7 Å². The summed E-state index contributed by atoms with van der Waals surface area (Å²) in [5.41, 5.74) is 0.206. The average molecular weight is 189 g/mol. The van der Waals surface area contributed by atoms with Crippen molar-refractivity contribution in [2.75, 3.05) is 19.7 Å². The van der Waals surface area contributed by atoms with Crippen LogP contribution in [0.15, 0.2) is 0 Å². The van der Waals surface area contributed by atoms with Crippen molar-refractivity contribution in [3.05, 3.63) is 0 Å². The van der Waals surface area contributed by atoms with E-state index in [9.17, 15) is 0 Å². The van der Waals surface area contributed by atoms with Crippen molar-refractivity contribution in [3.8, 4) is 0 Å². The standard InChI is InChI=1S/C10H23NO2/c1-9(13)7-11-8-10(2,3)5-4-6-12/h9,11-13H,4-8H2,1-3H3/t9-/m1/s1. The molecule has 3 nitrogen and oxygen atoms in total. The van der Waals surface area contributed by atoms with Gasteiger partial charge >= 0.3 is 0 Å². The smallest absolute Gasteiger partial charge is 0.0636 e. The van der Waals surface area contributed by atoms with E-state index < -0.39 is 0 Å². The van der Waals surface area contributed by atoms with Crippen LogP contribution in [0.3, 0.4) is 0 Å². The van der Waals surface area contributed by atoms with Crippen LogP contribution in [0.5, 0.6) is 0 Å². The van der Waals surface area contributed by atoms with Gasteiger partial charge in [0.1, 0.15) is 0 Å². The van der Waals surface area contributed by atoms with Crippen molar-refractivity contribution in [3.63, 3.8) is 0 Å². The lowest BCUT2D eigenvalue weighted by Gasteiger charge is -2.25. The van der Waals surface area contributed by atoms with Crippen LogP contribution >= 0.6 is 0 Å². The van der Waals surface area contributed by atoms with Crippen molar-refractivity contribution >= 4 is 0 Å². The molecule has 0 aliphatic heterocycles. The quantitative estimate of drug-likeness (QED) is 0.554. The summed E-state index contributed by atoms with van der Waals surface area (Å²) in [5, 5.41) is 20.9. The monoisotopic (exact) mass is 189 g/mol. The lowest BCUT2D eigenvalue weighted by molar-refractivity contribution is 0.179. The molecule has 0 amide bonds. The van der Waals surface area contributed by atoms with E-state index in [2.05, 4.69) is 19.2 Å². The highest BCUT2D eigenvalue weighted by molar-refractivity contribution is 4.71. The first kappa shape index (κ1) is 12.9. The molecule has 0 spiro atoms. The molecule has 3 N–H and O–H groups in total.